The number of aromatic nitrogens is 1. The van der Waals surface area contributed by atoms with Crippen molar-refractivity contribution < 1.29 is 19.4 Å². The summed E-state index contributed by atoms with van der Waals surface area (Å²) < 4.78 is 6.03. The number of hydrogen-bond acceptors (Lipinski definition) is 6. The molecule has 9 heteroatoms. The monoisotopic (exact) mass is 437 g/mol. The third-order valence-corrected chi connectivity index (χ3v) is 6.38. The lowest BCUT2D eigenvalue weighted by Crippen LogP contribution is -2.46. The highest BCUT2D eigenvalue weighted by molar-refractivity contribution is 6.02. The fourth-order valence-corrected chi connectivity index (χ4v) is 4.44. The molecule has 1 atom stereocenters. The van der Waals surface area contributed by atoms with Gasteiger partial charge in [-0.3, -0.25) is 5.32 Å². The van der Waals surface area contributed by atoms with Crippen LogP contribution in [0.15, 0.2) is 24.3 Å². The van der Waals surface area contributed by atoms with Gasteiger partial charge in [0.1, 0.15) is 17.3 Å². The van der Waals surface area contributed by atoms with E-state index in [-0.39, 0.29) is 18.2 Å². The van der Waals surface area contributed by atoms with Gasteiger partial charge >= 0.3 is 12.1 Å². The van der Waals surface area contributed by atoms with Crippen LogP contribution in [0.4, 0.5) is 15.4 Å². The Labute approximate surface area is 186 Å². The number of phenols is 1. The van der Waals surface area contributed by atoms with E-state index in [1.807, 2.05) is 12.1 Å². The van der Waals surface area contributed by atoms with Crippen molar-refractivity contribution in [1.29, 1.82) is 0 Å². The van der Waals surface area contributed by atoms with Gasteiger partial charge < -0.3 is 20.9 Å². The number of fused-ring (bicyclic) bond motifs is 1. The zero-order valence-corrected chi connectivity index (χ0v) is 17.8. The van der Waals surface area contributed by atoms with E-state index in [0.717, 1.165) is 54.8 Å². The molecule has 1 aliphatic carbocycles. The van der Waals surface area contributed by atoms with Crippen LogP contribution in [0.2, 0.25) is 0 Å². The van der Waals surface area contributed by atoms with Gasteiger partial charge in [0.05, 0.1) is 24.4 Å². The molecule has 5 N–H and O–H groups in total. The number of benzene rings is 1. The smallest absolute Gasteiger partial charge is 0.331 e. The van der Waals surface area contributed by atoms with Gasteiger partial charge in [0.25, 0.3) is 0 Å². The van der Waals surface area contributed by atoms with E-state index in [2.05, 4.69) is 15.6 Å². The molecule has 0 radical (unpaired) electrons. The van der Waals surface area contributed by atoms with Crippen LogP contribution < -0.4 is 21.1 Å². The molecule has 2 aromatic rings. The number of primary amides is 1. The van der Waals surface area contributed by atoms with Crippen molar-refractivity contribution in [2.24, 2.45) is 11.7 Å². The third-order valence-electron chi connectivity index (χ3n) is 6.38. The number of ether oxygens (including phenoxy) is 1. The molecule has 168 valence electrons. The number of urea groups is 2. The maximum Gasteiger partial charge on any atom is 0.331 e. The average molecular weight is 438 g/mol. The highest BCUT2D eigenvalue weighted by atomic mass is 16.5. The minimum Gasteiger partial charge on any atom is -0.507 e. The molecule has 1 aromatic heterocycles. The van der Waals surface area contributed by atoms with Gasteiger partial charge in [-0.1, -0.05) is 6.07 Å². The van der Waals surface area contributed by atoms with Crippen LogP contribution in [-0.4, -0.2) is 46.7 Å². The number of nitrogens with zero attached hydrogens (tertiary/aromatic N) is 2. The minimum absolute atomic E-state index is 0.0689. The maximum atomic E-state index is 12.4. The molecule has 32 heavy (non-hydrogen) atoms. The summed E-state index contributed by atoms with van der Waals surface area (Å²) in [7, 11) is 0. The van der Waals surface area contributed by atoms with Crippen molar-refractivity contribution >= 4 is 17.9 Å². The van der Waals surface area contributed by atoms with Gasteiger partial charge in [-0.15, -0.1) is 0 Å². The van der Waals surface area contributed by atoms with E-state index in [1.54, 1.807) is 12.1 Å². The summed E-state index contributed by atoms with van der Waals surface area (Å²) in [5, 5.41) is 16.8. The van der Waals surface area contributed by atoms with E-state index in [0.29, 0.717) is 35.3 Å². The van der Waals surface area contributed by atoms with Gasteiger partial charge in [-0.25, -0.2) is 19.5 Å². The first-order valence-electron chi connectivity index (χ1n) is 11.1. The van der Waals surface area contributed by atoms with Crippen LogP contribution in [0.3, 0.4) is 0 Å². The Kier molecular flexibility index (Phi) is 5.34. The molecule has 1 saturated heterocycles. The molecular weight excluding hydrogens is 410 g/mol. The standard InChI is InChI=1S/C23H27N5O4/c24-22(30)28-11-16-15(14-3-2-8-25-10-14)9-17(26-21(16)27-23(28)31)20-18(29)4-1-5-19(20)32-12-13-6-7-13/h1,4-5,9,13-14,25,29H,2-3,6-8,10-12H2,(H2,24,30)(H,26,27,31). The predicted octanol–water partition coefficient (Wildman–Crippen LogP) is 3.14. The van der Waals surface area contributed by atoms with Gasteiger partial charge in [0, 0.05) is 12.1 Å². The lowest BCUT2D eigenvalue weighted by atomic mass is 9.87. The summed E-state index contributed by atoms with van der Waals surface area (Å²) in [6, 6.07) is 5.72. The number of nitrogens with two attached hydrogens (primary N) is 1. The second-order valence-electron chi connectivity index (χ2n) is 8.73. The molecule has 3 aliphatic rings. The van der Waals surface area contributed by atoms with E-state index in [9.17, 15) is 14.7 Å². The number of nitrogens with one attached hydrogen (secondary N) is 2. The Balaban J connectivity index is 1.61. The van der Waals surface area contributed by atoms with Crippen molar-refractivity contribution in [1.82, 2.24) is 15.2 Å². The summed E-state index contributed by atoms with van der Waals surface area (Å²) >= 11 is 0. The molecule has 4 amide bonds. The molecule has 1 aromatic carbocycles. The van der Waals surface area contributed by atoms with Crippen molar-refractivity contribution in [2.75, 3.05) is 25.0 Å². The zero-order chi connectivity index (χ0) is 22.2. The fraction of sp³-hybridized carbons (Fsp3) is 0.435. The first-order valence-corrected chi connectivity index (χ1v) is 11.1. The average Bonchev–Trinajstić information content (AvgIpc) is 3.61. The summed E-state index contributed by atoms with van der Waals surface area (Å²) in [6.07, 6.45) is 4.31. The Hall–Kier alpha value is -3.33. The number of hydrogen-bond donors (Lipinski definition) is 4. The largest absolute Gasteiger partial charge is 0.507 e. The molecule has 0 bridgehead atoms. The molecule has 0 spiro atoms. The third kappa shape index (κ3) is 3.95. The van der Waals surface area contributed by atoms with Crippen LogP contribution in [0.25, 0.3) is 11.3 Å². The SMILES string of the molecule is NC(=O)N1Cc2c(C3CCCNC3)cc(-c3c(O)cccc3OCC3CC3)nc2NC1=O. The summed E-state index contributed by atoms with van der Waals surface area (Å²) in [5.41, 5.74) is 8.21. The van der Waals surface area contributed by atoms with Crippen molar-refractivity contribution in [3.8, 4) is 22.8 Å². The zero-order valence-electron chi connectivity index (χ0n) is 17.8. The van der Waals surface area contributed by atoms with Crippen LogP contribution >= 0.6 is 0 Å². The number of amides is 4. The lowest BCUT2D eigenvalue weighted by Gasteiger charge is -2.32. The fourth-order valence-electron chi connectivity index (χ4n) is 4.44. The highest BCUT2D eigenvalue weighted by Gasteiger charge is 2.33. The molecular formula is C23H27N5O4. The predicted molar refractivity (Wildman–Crippen MR) is 119 cm³/mol. The Morgan fingerprint density at radius 2 is 2.16 bits per heavy atom. The molecule has 5 rings (SSSR count). The van der Waals surface area contributed by atoms with E-state index in [4.69, 9.17) is 10.5 Å². The number of imide groups is 1. The molecule has 3 heterocycles. The van der Waals surface area contributed by atoms with Crippen LogP contribution in [0, 0.1) is 5.92 Å². The first-order chi connectivity index (χ1) is 15.5. The van der Waals surface area contributed by atoms with E-state index < -0.39 is 12.1 Å². The number of phenolic OH excluding ortho intramolecular Hbond substituents is 1. The summed E-state index contributed by atoms with van der Waals surface area (Å²) in [6.45, 7) is 2.41. The van der Waals surface area contributed by atoms with Crippen molar-refractivity contribution in [2.45, 2.75) is 38.1 Å². The van der Waals surface area contributed by atoms with Gasteiger partial charge in [0.15, 0.2) is 0 Å². The molecule has 1 saturated carbocycles. The molecule has 1 unspecified atom stereocenters. The van der Waals surface area contributed by atoms with Crippen molar-refractivity contribution in [3.63, 3.8) is 0 Å². The first kappa shape index (κ1) is 20.6. The molecule has 9 nitrogen and oxygen atoms in total. The Bertz CT molecular complexity index is 1060. The van der Waals surface area contributed by atoms with Crippen LogP contribution in [-0.2, 0) is 6.54 Å². The normalized spacial score (nSPS) is 20.4. The van der Waals surface area contributed by atoms with Crippen molar-refractivity contribution in [3.05, 3.63) is 35.4 Å². The Morgan fingerprint density at radius 3 is 2.88 bits per heavy atom. The van der Waals surface area contributed by atoms with Gasteiger partial charge in [0.2, 0.25) is 0 Å². The molecule has 2 aliphatic heterocycles. The van der Waals surface area contributed by atoms with E-state index in [1.165, 1.54) is 0 Å². The minimum atomic E-state index is -0.804. The second-order valence-corrected chi connectivity index (χ2v) is 8.73. The quantitative estimate of drug-likeness (QED) is 0.569. The van der Waals surface area contributed by atoms with Crippen LogP contribution in [0.1, 0.15) is 42.7 Å². The number of piperidine rings is 1. The number of carbonyl (C=O) groups excluding carboxylic acids is 2. The second kappa shape index (κ2) is 8.31. The topological polar surface area (TPSA) is 130 Å². The maximum absolute atomic E-state index is 12.4. The Morgan fingerprint density at radius 1 is 1.31 bits per heavy atom. The number of aromatic hydroxyl groups is 1. The molecule has 2 fully saturated rings. The number of pyridine rings is 1. The summed E-state index contributed by atoms with van der Waals surface area (Å²) in [4.78, 5) is 29.9. The number of rotatable bonds is 5. The van der Waals surface area contributed by atoms with Gasteiger partial charge in [-0.2, -0.15) is 0 Å². The number of anilines is 1. The van der Waals surface area contributed by atoms with Gasteiger partial charge in [-0.05, 0) is 67.8 Å². The van der Waals surface area contributed by atoms with Crippen LogP contribution in [0.5, 0.6) is 11.5 Å². The summed E-state index contributed by atoms with van der Waals surface area (Å²) in [5.74, 6) is 1.77. The highest BCUT2D eigenvalue weighted by Crippen LogP contribution is 2.42. The number of carbonyl (C=O) groups is 2. The lowest BCUT2D eigenvalue weighted by molar-refractivity contribution is 0.196. The van der Waals surface area contributed by atoms with E-state index >= 15 is 0 Å².